The van der Waals surface area contributed by atoms with Crippen molar-refractivity contribution in [2.75, 3.05) is 0 Å². The van der Waals surface area contributed by atoms with Crippen molar-refractivity contribution in [3.63, 3.8) is 0 Å². The summed E-state index contributed by atoms with van der Waals surface area (Å²) in [4.78, 5) is 29.9. The number of carbonyl (C=O) groups is 1. The van der Waals surface area contributed by atoms with Crippen LogP contribution >= 0.6 is 7.82 Å². The van der Waals surface area contributed by atoms with E-state index in [1.165, 1.54) is 12.1 Å². The van der Waals surface area contributed by atoms with Gasteiger partial charge < -0.3 is 9.26 Å². The largest absolute Gasteiger partial charge is 0.524 e. The highest BCUT2D eigenvalue weighted by molar-refractivity contribution is 7.46. The molecular formula is C15H15O6P. The number of phosphoric ester groups is 1. The highest BCUT2D eigenvalue weighted by Crippen LogP contribution is 2.42. The Morgan fingerprint density at radius 1 is 1.09 bits per heavy atom. The molecule has 6 nitrogen and oxygen atoms in total. The summed E-state index contributed by atoms with van der Waals surface area (Å²) in [6.45, 7) is 1.90. The Labute approximate surface area is 127 Å². The van der Waals surface area contributed by atoms with Gasteiger partial charge in [-0.1, -0.05) is 31.2 Å². The monoisotopic (exact) mass is 322 g/mol. The maximum Gasteiger partial charge on any atom is 0.524 e. The normalized spacial score (nSPS) is 11.0. The molecule has 0 aliphatic rings. The topological polar surface area (TPSA) is 93.1 Å². The quantitative estimate of drug-likeness (QED) is 0.499. The lowest BCUT2D eigenvalue weighted by molar-refractivity contribution is 0.0730. The fourth-order valence-corrected chi connectivity index (χ4v) is 2.20. The van der Waals surface area contributed by atoms with Crippen molar-refractivity contribution in [1.29, 1.82) is 0 Å². The van der Waals surface area contributed by atoms with Crippen LogP contribution in [0.5, 0.6) is 11.5 Å². The number of esters is 1. The summed E-state index contributed by atoms with van der Waals surface area (Å²) in [5.74, 6) is -0.851. The summed E-state index contributed by atoms with van der Waals surface area (Å²) in [5, 5.41) is 0. The number of aryl methyl sites for hydroxylation is 1. The summed E-state index contributed by atoms with van der Waals surface area (Å²) in [6.07, 6.45) is 0.673. The van der Waals surface area contributed by atoms with Crippen molar-refractivity contribution < 1.29 is 28.4 Å². The first-order valence-electron chi connectivity index (χ1n) is 6.54. The van der Waals surface area contributed by atoms with Gasteiger partial charge in [-0.3, -0.25) is 9.79 Å². The third-order valence-electron chi connectivity index (χ3n) is 2.85. The van der Waals surface area contributed by atoms with E-state index in [9.17, 15) is 9.36 Å². The lowest BCUT2D eigenvalue weighted by Crippen LogP contribution is -2.09. The Hall–Kier alpha value is -2.14. The molecule has 0 heterocycles. The SMILES string of the molecule is CCc1ccc(OP(=O)(O)O)c(OC(=O)c2ccccc2)c1. The van der Waals surface area contributed by atoms with Crippen LogP contribution in [0.4, 0.5) is 0 Å². The minimum atomic E-state index is -4.74. The molecule has 2 aromatic carbocycles. The van der Waals surface area contributed by atoms with Crippen LogP contribution in [0.3, 0.4) is 0 Å². The highest BCUT2D eigenvalue weighted by Gasteiger charge is 2.21. The van der Waals surface area contributed by atoms with Gasteiger partial charge in [-0.2, -0.15) is 0 Å². The molecule has 0 radical (unpaired) electrons. The zero-order valence-electron chi connectivity index (χ0n) is 11.8. The standard InChI is InChI=1S/C15H15O6P/c1-2-11-8-9-13(21-22(17,18)19)14(10-11)20-15(16)12-6-4-3-5-7-12/h3-10H,2H2,1H3,(H2,17,18,19). The van der Waals surface area contributed by atoms with Gasteiger partial charge in [0.1, 0.15) is 0 Å². The minimum Gasteiger partial charge on any atom is -0.419 e. The number of ether oxygens (including phenoxy) is 1. The van der Waals surface area contributed by atoms with E-state index in [4.69, 9.17) is 14.5 Å². The predicted molar refractivity (Wildman–Crippen MR) is 79.9 cm³/mol. The fraction of sp³-hybridized carbons (Fsp3) is 0.133. The van der Waals surface area contributed by atoms with Crippen LogP contribution < -0.4 is 9.26 Å². The zero-order chi connectivity index (χ0) is 16.2. The van der Waals surface area contributed by atoms with Crippen molar-refractivity contribution in [2.24, 2.45) is 0 Å². The molecule has 0 bridgehead atoms. The number of rotatable bonds is 5. The number of hydrogen-bond acceptors (Lipinski definition) is 4. The minimum absolute atomic E-state index is 0.0310. The molecular weight excluding hydrogens is 307 g/mol. The molecule has 0 aromatic heterocycles. The van der Waals surface area contributed by atoms with Gasteiger partial charge in [-0.05, 0) is 36.2 Å². The van der Waals surface area contributed by atoms with Crippen molar-refractivity contribution in [2.45, 2.75) is 13.3 Å². The maximum absolute atomic E-state index is 12.1. The Balaban J connectivity index is 2.31. The molecule has 2 N–H and O–H groups in total. The van der Waals surface area contributed by atoms with Crippen LogP contribution in [0.25, 0.3) is 0 Å². The van der Waals surface area contributed by atoms with E-state index in [0.717, 1.165) is 5.56 Å². The number of phosphoric acid groups is 1. The molecule has 2 aromatic rings. The zero-order valence-corrected chi connectivity index (χ0v) is 12.7. The average molecular weight is 322 g/mol. The van der Waals surface area contributed by atoms with E-state index in [-0.39, 0.29) is 11.5 Å². The molecule has 2 rings (SSSR count). The molecule has 0 amide bonds. The molecule has 22 heavy (non-hydrogen) atoms. The fourth-order valence-electron chi connectivity index (χ4n) is 1.79. The Morgan fingerprint density at radius 2 is 1.77 bits per heavy atom. The number of hydrogen-bond donors (Lipinski definition) is 2. The molecule has 0 atom stereocenters. The number of carbonyl (C=O) groups excluding carboxylic acids is 1. The molecule has 116 valence electrons. The van der Waals surface area contributed by atoms with Gasteiger partial charge >= 0.3 is 13.8 Å². The molecule has 0 spiro atoms. The molecule has 0 saturated carbocycles. The molecule has 0 unspecified atom stereocenters. The van der Waals surface area contributed by atoms with Gasteiger partial charge in [0.05, 0.1) is 5.56 Å². The van der Waals surface area contributed by atoms with Crippen LogP contribution in [0.2, 0.25) is 0 Å². The van der Waals surface area contributed by atoms with Gasteiger partial charge in [0.2, 0.25) is 0 Å². The van der Waals surface area contributed by atoms with Crippen LogP contribution in [-0.2, 0) is 11.0 Å². The van der Waals surface area contributed by atoms with E-state index in [2.05, 4.69) is 4.52 Å². The van der Waals surface area contributed by atoms with Crippen molar-refractivity contribution in [3.8, 4) is 11.5 Å². The molecule has 0 aliphatic carbocycles. The van der Waals surface area contributed by atoms with Crippen molar-refractivity contribution in [3.05, 3.63) is 59.7 Å². The van der Waals surface area contributed by atoms with Crippen LogP contribution in [0, 0.1) is 0 Å². The van der Waals surface area contributed by atoms with E-state index in [1.807, 2.05) is 6.92 Å². The highest BCUT2D eigenvalue weighted by atomic mass is 31.2. The first kappa shape index (κ1) is 16.2. The smallest absolute Gasteiger partial charge is 0.419 e. The van der Waals surface area contributed by atoms with Crippen LogP contribution in [0.1, 0.15) is 22.8 Å². The lowest BCUT2D eigenvalue weighted by Gasteiger charge is -2.13. The first-order valence-corrected chi connectivity index (χ1v) is 8.07. The van der Waals surface area contributed by atoms with Gasteiger partial charge in [0.25, 0.3) is 0 Å². The maximum atomic E-state index is 12.1. The van der Waals surface area contributed by atoms with Crippen molar-refractivity contribution >= 4 is 13.8 Å². The Kier molecular flexibility index (Phi) is 4.98. The second-order valence-corrected chi connectivity index (χ2v) is 5.64. The van der Waals surface area contributed by atoms with E-state index >= 15 is 0 Å². The Bertz CT molecular complexity index is 707. The molecule has 0 aliphatic heterocycles. The summed E-state index contributed by atoms with van der Waals surface area (Å²) >= 11 is 0. The molecule has 0 fully saturated rings. The summed E-state index contributed by atoms with van der Waals surface area (Å²) < 4.78 is 20.8. The van der Waals surface area contributed by atoms with E-state index in [1.54, 1.807) is 36.4 Å². The first-order chi connectivity index (χ1) is 10.4. The van der Waals surface area contributed by atoms with E-state index in [0.29, 0.717) is 12.0 Å². The molecule has 7 heteroatoms. The lowest BCUT2D eigenvalue weighted by atomic mass is 10.1. The second-order valence-electron chi connectivity index (χ2n) is 4.47. The average Bonchev–Trinajstić information content (AvgIpc) is 2.48. The van der Waals surface area contributed by atoms with Gasteiger partial charge in [-0.15, -0.1) is 0 Å². The number of benzene rings is 2. The van der Waals surface area contributed by atoms with Gasteiger partial charge in [0.15, 0.2) is 11.5 Å². The van der Waals surface area contributed by atoms with Crippen molar-refractivity contribution in [1.82, 2.24) is 0 Å². The summed E-state index contributed by atoms with van der Waals surface area (Å²) in [5.41, 5.74) is 1.17. The van der Waals surface area contributed by atoms with Crippen LogP contribution in [-0.4, -0.2) is 15.8 Å². The molecule has 0 saturated heterocycles. The second kappa shape index (κ2) is 6.75. The van der Waals surface area contributed by atoms with E-state index < -0.39 is 13.8 Å². The Morgan fingerprint density at radius 3 is 2.36 bits per heavy atom. The van der Waals surface area contributed by atoms with Gasteiger partial charge in [0, 0.05) is 0 Å². The third kappa shape index (κ3) is 4.43. The van der Waals surface area contributed by atoms with Gasteiger partial charge in [-0.25, -0.2) is 9.36 Å². The summed E-state index contributed by atoms with van der Waals surface area (Å²) in [7, 11) is -4.74. The third-order valence-corrected chi connectivity index (χ3v) is 3.28. The summed E-state index contributed by atoms with van der Waals surface area (Å²) in [6, 6.07) is 12.8. The predicted octanol–water partition coefficient (Wildman–Crippen LogP) is 2.94. The van der Waals surface area contributed by atoms with Crippen LogP contribution in [0.15, 0.2) is 48.5 Å².